The molecule has 1 aromatic carbocycles. The third kappa shape index (κ3) is 2.97. The number of likely N-dealkylation sites (N-methyl/N-ethyl adjacent to an activating group) is 1. The highest BCUT2D eigenvalue weighted by molar-refractivity contribution is 5.97. The monoisotopic (exact) mass is 237 g/mol. The normalized spacial score (nSPS) is 12.2. The molecule has 4 nitrogen and oxygen atoms in total. The molecular weight excluding hydrogens is 218 g/mol. The van der Waals surface area contributed by atoms with E-state index in [-0.39, 0.29) is 17.7 Å². The predicted octanol–water partition coefficient (Wildman–Crippen LogP) is 1.81. The van der Waals surface area contributed by atoms with Gasteiger partial charge in [-0.05, 0) is 25.5 Å². The van der Waals surface area contributed by atoms with E-state index in [4.69, 9.17) is 4.74 Å². The topological polar surface area (TPSA) is 49.8 Å². The Labute approximate surface area is 102 Å². The van der Waals surface area contributed by atoms with Gasteiger partial charge in [-0.25, -0.2) is 0 Å². The van der Waals surface area contributed by atoms with E-state index in [9.17, 15) is 9.90 Å². The molecule has 4 heteroatoms. The van der Waals surface area contributed by atoms with Crippen molar-refractivity contribution < 1.29 is 14.6 Å². The SMILES string of the molecule is COCC(C)N(C)C(=O)c1cccc(C)c1O. The number of phenolic OH excluding ortho intramolecular Hbond substituents is 1. The summed E-state index contributed by atoms with van der Waals surface area (Å²) in [5, 5.41) is 9.85. The first-order valence-electron chi connectivity index (χ1n) is 5.53. The largest absolute Gasteiger partial charge is 0.507 e. The number of para-hydroxylation sites is 1. The number of aromatic hydroxyl groups is 1. The summed E-state index contributed by atoms with van der Waals surface area (Å²) in [5.41, 5.74) is 1.03. The van der Waals surface area contributed by atoms with Crippen molar-refractivity contribution in [3.05, 3.63) is 29.3 Å². The Hall–Kier alpha value is -1.55. The maximum absolute atomic E-state index is 12.1. The van der Waals surface area contributed by atoms with Gasteiger partial charge in [-0.3, -0.25) is 4.79 Å². The summed E-state index contributed by atoms with van der Waals surface area (Å²) in [6.07, 6.45) is 0. The average molecular weight is 237 g/mol. The Kier molecular flexibility index (Phi) is 4.52. The summed E-state index contributed by atoms with van der Waals surface area (Å²) in [7, 11) is 3.30. The van der Waals surface area contributed by atoms with Crippen LogP contribution in [-0.2, 0) is 4.74 Å². The van der Waals surface area contributed by atoms with Crippen LogP contribution < -0.4 is 0 Å². The van der Waals surface area contributed by atoms with Gasteiger partial charge in [-0.2, -0.15) is 0 Å². The van der Waals surface area contributed by atoms with Gasteiger partial charge in [0.05, 0.1) is 18.2 Å². The molecule has 1 amide bonds. The van der Waals surface area contributed by atoms with Gasteiger partial charge in [0.15, 0.2) is 0 Å². The fraction of sp³-hybridized carbons (Fsp3) is 0.462. The molecular formula is C13H19NO3. The second kappa shape index (κ2) is 5.68. The van der Waals surface area contributed by atoms with E-state index >= 15 is 0 Å². The van der Waals surface area contributed by atoms with Crippen molar-refractivity contribution in [3.63, 3.8) is 0 Å². The van der Waals surface area contributed by atoms with E-state index in [1.54, 1.807) is 44.2 Å². The lowest BCUT2D eigenvalue weighted by molar-refractivity contribution is 0.0630. The van der Waals surface area contributed by atoms with Crippen molar-refractivity contribution in [1.82, 2.24) is 4.90 Å². The van der Waals surface area contributed by atoms with E-state index in [1.165, 1.54) is 0 Å². The summed E-state index contributed by atoms with van der Waals surface area (Å²) < 4.78 is 5.01. The third-order valence-electron chi connectivity index (χ3n) is 2.86. The quantitative estimate of drug-likeness (QED) is 0.868. The lowest BCUT2D eigenvalue weighted by Crippen LogP contribution is -2.37. The van der Waals surface area contributed by atoms with Crippen molar-refractivity contribution in [2.24, 2.45) is 0 Å². The number of hydrogen-bond donors (Lipinski definition) is 1. The zero-order valence-electron chi connectivity index (χ0n) is 10.7. The molecule has 1 N–H and O–H groups in total. The minimum Gasteiger partial charge on any atom is -0.507 e. The Bertz CT molecular complexity index is 404. The highest BCUT2D eigenvalue weighted by Gasteiger charge is 2.20. The van der Waals surface area contributed by atoms with Crippen LogP contribution in [0.25, 0.3) is 0 Å². The number of ether oxygens (including phenoxy) is 1. The lowest BCUT2D eigenvalue weighted by atomic mass is 10.1. The van der Waals surface area contributed by atoms with Gasteiger partial charge in [0.2, 0.25) is 0 Å². The Morgan fingerprint density at radius 1 is 1.53 bits per heavy atom. The molecule has 1 unspecified atom stereocenters. The van der Waals surface area contributed by atoms with Crippen molar-refractivity contribution in [3.8, 4) is 5.75 Å². The molecule has 0 aliphatic heterocycles. The molecule has 1 aromatic rings. The third-order valence-corrected chi connectivity index (χ3v) is 2.86. The molecule has 1 atom stereocenters. The molecule has 1 rings (SSSR count). The molecule has 0 spiro atoms. The van der Waals surface area contributed by atoms with Gasteiger partial charge in [-0.1, -0.05) is 12.1 Å². The van der Waals surface area contributed by atoms with Crippen LogP contribution in [0.3, 0.4) is 0 Å². The van der Waals surface area contributed by atoms with E-state index in [0.717, 1.165) is 0 Å². The smallest absolute Gasteiger partial charge is 0.257 e. The highest BCUT2D eigenvalue weighted by Crippen LogP contribution is 2.23. The zero-order chi connectivity index (χ0) is 13.0. The van der Waals surface area contributed by atoms with Crippen LogP contribution in [0.5, 0.6) is 5.75 Å². The molecule has 0 heterocycles. The minimum absolute atomic E-state index is 0.0348. The summed E-state index contributed by atoms with van der Waals surface area (Å²) in [6, 6.07) is 5.12. The standard InChI is InChI=1S/C13H19NO3/c1-9-6-5-7-11(12(9)15)13(16)14(3)10(2)8-17-4/h5-7,10,15H,8H2,1-4H3. The number of nitrogens with zero attached hydrogens (tertiary/aromatic N) is 1. The minimum atomic E-state index is -0.198. The van der Waals surface area contributed by atoms with E-state index in [0.29, 0.717) is 17.7 Å². The number of hydrogen-bond acceptors (Lipinski definition) is 3. The van der Waals surface area contributed by atoms with Crippen LogP contribution in [0.1, 0.15) is 22.8 Å². The molecule has 0 fully saturated rings. The van der Waals surface area contributed by atoms with Gasteiger partial charge >= 0.3 is 0 Å². The lowest BCUT2D eigenvalue weighted by Gasteiger charge is -2.24. The number of benzene rings is 1. The Morgan fingerprint density at radius 2 is 2.18 bits per heavy atom. The maximum Gasteiger partial charge on any atom is 0.257 e. The van der Waals surface area contributed by atoms with Gasteiger partial charge in [0, 0.05) is 14.2 Å². The highest BCUT2D eigenvalue weighted by atomic mass is 16.5. The van der Waals surface area contributed by atoms with Crippen LogP contribution >= 0.6 is 0 Å². The van der Waals surface area contributed by atoms with Crippen molar-refractivity contribution in [2.75, 3.05) is 20.8 Å². The fourth-order valence-electron chi connectivity index (χ4n) is 1.57. The number of carbonyl (C=O) groups is 1. The summed E-state index contributed by atoms with van der Waals surface area (Å²) in [6.45, 7) is 4.13. The molecule has 17 heavy (non-hydrogen) atoms. The summed E-state index contributed by atoms with van der Waals surface area (Å²) in [5.74, 6) is -0.148. The second-order valence-electron chi connectivity index (χ2n) is 4.19. The predicted molar refractivity (Wildman–Crippen MR) is 66.3 cm³/mol. The Balaban J connectivity index is 2.93. The number of rotatable bonds is 4. The number of amides is 1. The van der Waals surface area contributed by atoms with Crippen molar-refractivity contribution >= 4 is 5.91 Å². The fourth-order valence-corrected chi connectivity index (χ4v) is 1.57. The second-order valence-corrected chi connectivity index (χ2v) is 4.19. The number of carbonyl (C=O) groups excluding carboxylic acids is 1. The first-order chi connectivity index (χ1) is 7.99. The molecule has 0 aliphatic rings. The van der Waals surface area contributed by atoms with E-state index in [1.807, 2.05) is 6.92 Å². The average Bonchev–Trinajstić information content (AvgIpc) is 2.31. The van der Waals surface area contributed by atoms with Crippen LogP contribution in [0.4, 0.5) is 0 Å². The molecule has 0 saturated carbocycles. The van der Waals surface area contributed by atoms with Crippen molar-refractivity contribution in [2.45, 2.75) is 19.9 Å². The Morgan fingerprint density at radius 3 is 2.76 bits per heavy atom. The number of phenols is 1. The first-order valence-corrected chi connectivity index (χ1v) is 5.53. The molecule has 0 aliphatic carbocycles. The van der Waals surface area contributed by atoms with Crippen LogP contribution in [0.15, 0.2) is 18.2 Å². The molecule has 0 saturated heterocycles. The van der Waals surface area contributed by atoms with Crippen LogP contribution in [0.2, 0.25) is 0 Å². The summed E-state index contributed by atoms with van der Waals surface area (Å²) in [4.78, 5) is 13.7. The van der Waals surface area contributed by atoms with E-state index in [2.05, 4.69) is 0 Å². The van der Waals surface area contributed by atoms with Crippen LogP contribution in [-0.4, -0.2) is 42.7 Å². The van der Waals surface area contributed by atoms with Gasteiger partial charge in [-0.15, -0.1) is 0 Å². The molecule has 94 valence electrons. The molecule has 0 bridgehead atoms. The number of aryl methyl sites for hydroxylation is 1. The summed E-state index contributed by atoms with van der Waals surface area (Å²) >= 11 is 0. The first kappa shape index (κ1) is 13.5. The van der Waals surface area contributed by atoms with E-state index < -0.39 is 0 Å². The maximum atomic E-state index is 12.1. The van der Waals surface area contributed by atoms with Crippen molar-refractivity contribution in [1.29, 1.82) is 0 Å². The van der Waals surface area contributed by atoms with Crippen LogP contribution in [0, 0.1) is 6.92 Å². The molecule has 0 radical (unpaired) electrons. The van der Waals surface area contributed by atoms with Gasteiger partial charge in [0.1, 0.15) is 5.75 Å². The molecule has 0 aromatic heterocycles. The number of methoxy groups -OCH3 is 1. The zero-order valence-corrected chi connectivity index (χ0v) is 10.7. The van der Waals surface area contributed by atoms with Gasteiger partial charge in [0.25, 0.3) is 5.91 Å². The van der Waals surface area contributed by atoms with Gasteiger partial charge < -0.3 is 14.7 Å².